The Labute approximate surface area is 172 Å². The van der Waals surface area contributed by atoms with E-state index >= 15 is 0 Å². The molecular weight excluding hydrogens is 388 g/mol. The molecule has 1 aliphatic carbocycles. The van der Waals surface area contributed by atoms with Crippen LogP contribution in [0.2, 0.25) is 0 Å². The fraction of sp³-hybridized carbons (Fsp3) is 0.273. The Hall–Kier alpha value is -3.20. The predicted octanol–water partition coefficient (Wildman–Crippen LogP) is 1.09. The minimum absolute atomic E-state index is 0.00264. The van der Waals surface area contributed by atoms with Crippen molar-refractivity contribution in [3.63, 3.8) is 0 Å². The van der Waals surface area contributed by atoms with Crippen LogP contribution in [0.4, 0.5) is 0 Å². The maximum Gasteiger partial charge on any atom is 0.329 e. The smallest absolute Gasteiger partial charge is 0.329 e. The summed E-state index contributed by atoms with van der Waals surface area (Å²) >= 11 is 0. The fourth-order valence-electron chi connectivity index (χ4n) is 3.64. The minimum atomic E-state index is -1.19. The van der Waals surface area contributed by atoms with Crippen LogP contribution < -0.4 is 10.9 Å². The number of fused-ring (bicyclic) bond motifs is 2. The van der Waals surface area contributed by atoms with Crippen LogP contribution in [-0.2, 0) is 17.6 Å². The summed E-state index contributed by atoms with van der Waals surface area (Å²) < 4.78 is 0. The second-order valence-corrected chi connectivity index (χ2v) is 7.13. The molecule has 8 heteroatoms. The molecule has 158 valence electrons. The highest BCUT2D eigenvalue weighted by atomic mass is 16.4. The zero-order valence-corrected chi connectivity index (χ0v) is 16.2. The number of aromatic amines is 1. The molecule has 1 unspecified atom stereocenters. The number of phenols is 1. The van der Waals surface area contributed by atoms with Gasteiger partial charge in [0.05, 0.1) is 11.6 Å². The van der Waals surface area contributed by atoms with Gasteiger partial charge in [-0.25, -0.2) is 4.79 Å². The number of carboxylic acids is 1. The van der Waals surface area contributed by atoms with Gasteiger partial charge in [-0.1, -0.05) is 30.3 Å². The van der Waals surface area contributed by atoms with Crippen LogP contribution >= 0.6 is 0 Å². The monoisotopic (exact) mass is 412 g/mol. The average Bonchev–Trinajstić information content (AvgIpc) is 3.16. The van der Waals surface area contributed by atoms with E-state index in [-0.39, 0.29) is 11.3 Å². The number of hydrogen-bond acceptors (Lipinski definition) is 6. The molecule has 3 aromatic rings. The van der Waals surface area contributed by atoms with Gasteiger partial charge in [-0.15, -0.1) is 0 Å². The lowest BCUT2D eigenvalue weighted by Gasteiger charge is -2.18. The quantitative estimate of drug-likeness (QED) is 0.368. The van der Waals surface area contributed by atoms with E-state index in [4.69, 9.17) is 15.0 Å². The van der Waals surface area contributed by atoms with Crippen molar-refractivity contribution < 1.29 is 25.2 Å². The van der Waals surface area contributed by atoms with E-state index < -0.39 is 18.7 Å². The minimum Gasteiger partial charge on any atom is -0.506 e. The summed E-state index contributed by atoms with van der Waals surface area (Å²) in [5, 5.41) is 39.7. The van der Waals surface area contributed by atoms with Gasteiger partial charge in [-0.2, -0.15) is 0 Å². The molecule has 0 radical (unpaired) electrons. The molecule has 4 rings (SSSR count). The van der Waals surface area contributed by atoms with Gasteiger partial charge >= 0.3 is 5.97 Å². The van der Waals surface area contributed by atoms with Crippen LogP contribution in [0.25, 0.3) is 10.9 Å². The Kier molecular flexibility index (Phi) is 6.83. The van der Waals surface area contributed by atoms with Crippen molar-refractivity contribution >= 4 is 16.9 Å². The van der Waals surface area contributed by atoms with Gasteiger partial charge in [0.15, 0.2) is 0 Å². The molecule has 0 aliphatic heterocycles. The number of hydrogen-bond donors (Lipinski definition) is 6. The maximum atomic E-state index is 11.5. The molecule has 2 aromatic carbocycles. The van der Waals surface area contributed by atoms with Crippen LogP contribution in [0.15, 0.2) is 53.3 Å². The Balaban J connectivity index is 0.000000461. The van der Waals surface area contributed by atoms with Gasteiger partial charge in [0.2, 0.25) is 5.56 Å². The van der Waals surface area contributed by atoms with Crippen LogP contribution in [0.3, 0.4) is 0 Å². The lowest BCUT2D eigenvalue weighted by atomic mass is 10.0. The molecule has 30 heavy (non-hydrogen) atoms. The first-order valence-electron chi connectivity index (χ1n) is 9.54. The summed E-state index contributed by atoms with van der Waals surface area (Å²) in [6.45, 7) is -0.363. The molecule has 0 fully saturated rings. The number of aliphatic hydroxyl groups excluding tert-OH is 2. The van der Waals surface area contributed by atoms with Crippen molar-refractivity contribution in [2.75, 3.05) is 13.2 Å². The Morgan fingerprint density at radius 2 is 1.73 bits per heavy atom. The third-order valence-electron chi connectivity index (χ3n) is 5.05. The number of aliphatic carboxylic acids is 1. The third-order valence-corrected chi connectivity index (χ3v) is 5.05. The Morgan fingerprint density at radius 1 is 1.10 bits per heavy atom. The highest BCUT2D eigenvalue weighted by Crippen LogP contribution is 2.29. The number of benzene rings is 2. The van der Waals surface area contributed by atoms with Gasteiger partial charge < -0.3 is 30.7 Å². The molecule has 1 aliphatic rings. The molecule has 0 bridgehead atoms. The zero-order valence-electron chi connectivity index (χ0n) is 16.2. The van der Waals surface area contributed by atoms with E-state index in [0.29, 0.717) is 29.1 Å². The maximum absolute atomic E-state index is 11.5. The van der Waals surface area contributed by atoms with Crippen molar-refractivity contribution in [3.8, 4) is 5.75 Å². The van der Waals surface area contributed by atoms with Crippen molar-refractivity contribution in [2.24, 2.45) is 0 Å². The van der Waals surface area contributed by atoms with Crippen molar-refractivity contribution in [1.29, 1.82) is 0 Å². The van der Waals surface area contributed by atoms with E-state index in [0.717, 1.165) is 12.8 Å². The molecular formula is C22H24N2O6. The number of aromatic nitrogens is 1. The lowest BCUT2D eigenvalue weighted by Crippen LogP contribution is -2.33. The topological polar surface area (TPSA) is 143 Å². The highest BCUT2D eigenvalue weighted by Gasteiger charge is 2.22. The molecule has 1 heterocycles. The van der Waals surface area contributed by atoms with Gasteiger partial charge in [-0.3, -0.25) is 4.79 Å². The fourth-order valence-corrected chi connectivity index (χ4v) is 3.64. The number of carboxylic acid groups (broad SMARTS) is 1. The SMILES string of the molecule is O=C(O)CO.O=c1ccc2c(C(O)CNC3Cc4ccccc4C3)ccc(O)c2[nH]1. The summed E-state index contributed by atoms with van der Waals surface area (Å²) in [4.78, 5) is 23.2. The van der Waals surface area contributed by atoms with Crippen LogP contribution in [0.5, 0.6) is 5.75 Å². The number of H-pyrrole nitrogens is 1. The third kappa shape index (κ3) is 5.04. The number of aromatic hydroxyl groups is 1. The number of rotatable bonds is 5. The summed E-state index contributed by atoms with van der Waals surface area (Å²) in [5.74, 6) is -1.19. The van der Waals surface area contributed by atoms with E-state index in [1.807, 2.05) is 0 Å². The normalized spacial score (nSPS) is 14.1. The summed E-state index contributed by atoms with van der Waals surface area (Å²) in [6.07, 6.45) is 1.21. The number of carbonyl (C=O) groups is 1. The van der Waals surface area contributed by atoms with Crippen molar-refractivity contribution in [2.45, 2.75) is 25.0 Å². The molecule has 0 amide bonds. The van der Waals surface area contributed by atoms with E-state index in [1.165, 1.54) is 23.3 Å². The first-order valence-corrected chi connectivity index (χ1v) is 9.54. The van der Waals surface area contributed by atoms with Gasteiger partial charge in [-0.05, 0) is 41.7 Å². The molecule has 0 saturated carbocycles. The largest absolute Gasteiger partial charge is 0.506 e. The van der Waals surface area contributed by atoms with Crippen LogP contribution in [-0.4, -0.2) is 50.6 Å². The Morgan fingerprint density at radius 3 is 2.33 bits per heavy atom. The molecule has 1 aromatic heterocycles. The van der Waals surface area contributed by atoms with Crippen LogP contribution in [0.1, 0.15) is 22.8 Å². The molecule has 0 saturated heterocycles. The number of nitrogens with one attached hydrogen (secondary N) is 2. The van der Waals surface area contributed by atoms with Gasteiger partial charge in [0.1, 0.15) is 12.4 Å². The van der Waals surface area contributed by atoms with Crippen LogP contribution in [0, 0.1) is 0 Å². The van der Waals surface area contributed by atoms with Gasteiger partial charge in [0, 0.05) is 24.0 Å². The number of pyridine rings is 1. The first-order chi connectivity index (χ1) is 14.4. The van der Waals surface area contributed by atoms with E-state index in [2.05, 4.69) is 34.6 Å². The first kappa shape index (κ1) is 21.5. The zero-order chi connectivity index (χ0) is 21.7. The van der Waals surface area contributed by atoms with E-state index in [1.54, 1.807) is 12.1 Å². The molecule has 6 N–H and O–H groups in total. The van der Waals surface area contributed by atoms with Gasteiger partial charge in [0.25, 0.3) is 0 Å². The average molecular weight is 412 g/mol. The standard InChI is InChI=1S/C20H20N2O3.C2H4O3/c23-17-7-5-15(16-6-8-19(25)22-20(16)17)18(24)11-21-14-9-12-3-1-2-4-13(12)10-14;3-1-2(4)5/h1-8,14,18,21,23-24H,9-11H2,(H,22,25);3H,1H2,(H,4,5). The van der Waals surface area contributed by atoms with E-state index in [9.17, 15) is 15.0 Å². The summed E-state index contributed by atoms with van der Waals surface area (Å²) in [6, 6.07) is 15.0. The lowest BCUT2D eigenvalue weighted by molar-refractivity contribution is -0.140. The van der Waals surface area contributed by atoms with Crippen molar-refractivity contribution in [1.82, 2.24) is 10.3 Å². The summed E-state index contributed by atoms with van der Waals surface area (Å²) in [5.41, 5.74) is 3.49. The molecule has 0 spiro atoms. The van der Waals surface area contributed by atoms with Crippen molar-refractivity contribution in [3.05, 3.63) is 75.6 Å². The molecule has 1 atom stereocenters. The summed E-state index contributed by atoms with van der Waals surface area (Å²) in [7, 11) is 0. The number of aliphatic hydroxyl groups is 2. The second kappa shape index (κ2) is 9.53. The highest BCUT2D eigenvalue weighted by molar-refractivity contribution is 5.87. The molecule has 8 nitrogen and oxygen atoms in total. The Bertz CT molecular complexity index is 1070. The predicted molar refractivity (Wildman–Crippen MR) is 112 cm³/mol. The second-order valence-electron chi connectivity index (χ2n) is 7.13. The number of phenolic OH excluding ortho intramolecular Hbond substituents is 1.